The minimum absolute atomic E-state index is 0.0319. The summed E-state index contributed by atoms with van der Waals surface area (Å²) in [6.07, 6.45) is 2.79. The van der Waals surface area contributed by atoms with Gasteiger partial charge in [0.15, 0.2) is 11.5 Å². The Balaban J connectivity index is 1.23. The molecule has 5 rings (SSSR count). The number of fused-ring (bicyclic) bond motifs is 2. The van der Waals surface area contributed by atoms with Gasteiger partial charge < -0.3 is 24.4 Å². The predicted molar refractivity (Wildman–Crippen MR) is 136 cm³/mol. The van der Waals surface area contributed by atoms with Crippen LogP contribution in [0.4, 0.5) is 10.6 Å². The molecular weight excluding hydrogens is 494 g/mol. The first-order valence-corrected chi connectivity index (χ1v) is 12.9. The molecule has 12 heteroatoms. The molecule has 2 aromatic rings. The third-order valence-electron chi connectivity index (χ3n) is 7.43. The molecule has 0 bridgehead atoms. The predicted octanol–water partition coefficient (Wildman–Crippen LogP) is 1.54. The van der Waals surface area contributed by atoms with Crippen LogP contribution in [-0.2, 0) is 17.8 Å². The Morgan fingerprint density at radius 1 is 1.21 bits per heavy atom. The number of hydrogen-bond donors (Lipinski definition) is 2. The monoisotopic (exact) mass is 527 g/mol. The molecule has 204 valence electrons. The molecule has 5 heterocycles. The highest BCUT2D eigenvalue weighted by atomic mass is 16.6. The van der Waals surface area contributed by atoms with E-state index in [4.69, 9.17) is 14.2 Å². The molecular formula is C26H33N5O7. The maximum Gasteiger partial charge on any atom is 0.407 e. The number of carboxylic acid groups (broad SMARTS) is 1. The quantitative estimate of drug-likeness (QED) is 0.520. The number of anilines is 1. The third-order valence-corrected chi connectivity index (χ3v) is 7.43. The lowest BCUT2D eigenvalue weighted by Crippen LogP contribution is -2.54. The van der Waals surface area contributed by atoms with Crippen LogP contribution in [0, 0.1) is 0 Å². The topological polar surface area (TPSA) is 138 Å². The average Bonchev–Trinajstić information content (AvgIpc) is 2.95. The molecule has 38 heavy (non-hydrogen) atoms. The van der Waals surface area contributed by atoms with Crippen molar-refractivity contribution in [2.24, 2.45) is 0 Å². The summed E-state index contributed by atoms with van der Waals surface area (Å²) in [4.78, 5) is 39.0. The molecule has 12 nitrogen and oxygen atoms in total. The Morgan fingerprint density at radius 2 is 1.97 bits per heavy atom. The summed E-state index contributed by atoms with van der Waals surface area (Å²) >= 11 is 0. The number of aliphatic hydroxyl groups excluding tert-OH is 1. The minimum atomic E-state index is -1.01. The Hall–Kier alpha value is -3.64. The summed E-state index contributed by atoms with van der Waals surface area (Å²) in [5.41, 5.74) is 1.57. The molecule has 1 atom stereocenters. The summed E-state index contributed by atoms with van der Waals surface area (Å²) in [5, 5.41) is 20.2. The van der Waals surface area contributed by atoms with Crippen molar-refractivity contribution in [2.45, 2.75) is 44.3 Å². The molecule has 2 aromatic heterocycles. The normalized spacial score (nSPS) is 18.6. The Labute approximate surface area is 220 Å². The first kappa shape index (κ1) is 26.0. The lowest BCUT2D eigenvalue weighted by molar-refractivity contribution is -0.119. The van der Waals surface area contributed by atoms with Crippen molar-refractivity contribution in [1.82, 2.24) is 19.8 Å². The molecule has 1 saturated heterocycles. The first-order valence-electron chi connectivity index (χ1n) is 12.9. The number of aromatic nitrogens is 2. The van der Waals surface area contributed by atoms with Crippen LogP contribution in [-0.4, -0.2) is 101 Å². The molecule has 0 aromatic carbocycles. The van der Waals surface area contributed by atoms with Crippen LogP contribution in [0.15, 0.2) is 24.4 Å². The van der Waals surface area contributed by atoms with Gasteiger partial charge in [0.25, 0.3) is 0 Å². The summed E-state index contributed by atoms with van der Waals surface area (Å²) < 4.78 is 16.4. The van der Waals surface area contributed by atoms with Crippen molar-refractivity contribution in [2.75, 3.05) is 51.5 Å². The summed E-state index contributed by atoms with van der Waals surface area (Å²) in [5.74, 6) is 2.13. The fourth-order valence-electron chi connectivity index (χ4n) is 5.35. The fraction of sp³-hybridized carbons (Fsp3) is 0.538. The van der Waals surface area contributed by atoms with Gasteiger partial charge in [0.1, 0.15) is 19.0 Å². The van der Waals surface area contributed by atoms with Gasteiger partial charge >= 0.3 is 6.09 Å². The second-order valence-electron chi connectivity index (χ2n) is 9.67. The van der Waals surface area contributed by atoms with E-state index >= 15 is 0 Å². The lowest BCUT2D eigenvalue weighted by Gasteiger charge is -2.41. The minimum Gasteiger partial charge on any atom is -0.486 e. The number of amides is 2. The van der Waals surface area contributed by atoms with Crippen LogP contribution < -0.4 is 19.1 Å². The van der Waals surface area contributed by atoms with Gasteiger partial charge in [0, 0.05) is 44.2 Å². The second kappa shape index (κ2) is 11.4. The highest BCUT2D eigenvalue weighted by molar-refractivity contribution is 5.95. The average molecular weight is 528 g/mol. The van der Waals surface area contributed by atoms with Crippen molar-refractivity contribution in [3.05, 3.63) is 35.7 Å². The molecule has 3 aliphatic rings. The highest BCUT2D eigenvalue weighted by Gasteiger charge is 2.34. The molecule has 1 unspecified atom stereocenters. The van der Waals surface area contributed by atoms with Crippen LogP contribution in [0.2, 0.25) is 0 Å². The number of likely N-dealkylation sites (tertiary alicyclic amines) is 1. The number of aliphatic hydroxyl groups is 1. The van der Waals surface area contributed by atoms with E-state index in [-0.39, 0.29) is 31.1 Å². The van der Waals surface area contributed by atoms with E-state index in [0.29, 0.717) is 87.4 Å². The number of pyridine rings is 2. The van der Waals surface area contributed by atoms with E-state index in [0.717, 1.165) is 5.56 Å². The van der Waals surface area contributed by atoms with Crippen molar-refractivity contribution in [3.63, 3.8) is 0 Å². The Morgan fingerprint density at radius 3 is 2.68 bits per heavy atom. The van der Waals surface area contributed by atoms with E-state index in [1.165, 1.54) is 12.0 Å². The van der Waals surface area contributed by atoms with Crippen LogP contribution >= 0.6 is 0 Å². The number of ether oxygens (including phenoxy) is 3. The summed E-state index contributed by atoms with van der Waals surface area (Å²) in [7, 11) is 1.54. The van der Waals surface area contributed by atoms with Gasteiger partial charge in [0.05, 0.1) is 38.2 Å². The Kier molecular flexibility index (Phi) is 7.79. The largest absolute Gasteiger partial charge is 0.486 e. The number of carbonyl (C=O) groups excluding carboxylic acids is 1. The number of carbonyl (C=O) groups is 2. The number of piperidine rings is 1. The van der Waals surface area contributed by atoms with Gasteiger partial charge in [-0.1, -0.05) is 0 Å². The van der Waals surface area contributed by atoms with Crippen molar-refractivity contribution < 1.29 is 34.0 Å². The number of rotatable bonds is 8. The summed E-state index contributed by atoms with van der Waals surface area (Å²) in [6, 6.07) is 4.96. The van der Waals surface area contributed by atoms with Crippen LogP contribution in [0.3, 0.4) is 0 Å². The van der Waals surface area contributed by atoms with Gasteiger partial charge in [0.2, 0.25) is 11.8 Å². The molecule has 0 saturated carbocycles. The SMILES string of the molecule is COc1ccc2c(n1)N(CC(CO)N1CCC(N(Cc3cc4c(cn3)OCCO4)C(=O)O)CC1)C(=O)CC2. The van der Waals surface area contributed by atoms with Crippen molar-refractivity contribution >= 4 is 17.8 Å². The number of methoxy groups -OCH3 is 1. The lowest BCUT2D eigenvalue weighted by atomic mass is 10.00. The molecule has 2 amide bonds. The molecule has 1 fully saturated rings. The smallest absolute Gasteiger partial charge is 0.407 e. The molecule has 2 N–H and O–H groups in total. The van der Waals surface area contributed by atoms with Crippen molar-refractivity contribution in [3.8, 4) is 17.4 Å². The van der Waals surface area contributed by atoms with Crippen LogP contribution in [0.25, 0.3) is 0 Å². The molecule has 0 radical (unpaired) electrons. The summed E-state index contributed by atoms with van der Waals surface area (Å²) in [6.45, 7) is 2.41. The van der Waals surface area contributed by atoms with Gasteiger partial charge in [-0.2, -0.15) is 4.98 Å². The van der Waals surface area contributed by atoms with Gasteiger partial charge in [-0.15, -0.1) is 0 Å². The molecule has 3 aliphatic heterocycles. The van der Waals surface area contributed by atoms with Gasteiger partial charge in [-0.05, 0) is 30.9 Å². The van der Waals surface area contributed by atoms with Gasteiger partial charge in [-0.25, -0.2) is 4.79 Å². The van der Waals surface area contributed by atoms with Crippen molar-refractivity contribution in [1.29, 1.82) is 0 Å². The second-order valence-corrected chi connectivity index (χ2v) is 9.67. The zero-order chi connectivity index (χ0) is 26.6. The molecule has 0 spiro atoms. The van der Waals surface area contributed by atoms with E-state index < -0.39 is 6.09 Å². The number of hydrogen-bond acceptors (Lipinski definition) is 9. The van der Waals surface area contributed by atoms with E-state index in [9.17, 15) is 19.8 Å². The third kappa shape index (κ3) is 5.46. The maximum absolute atomic E-state index is 12.8. The maximum atomic E-state index is 12.8. The van der Waals surface area contributed by atoms with Gasteiger partial charge in [-0.3, -0.25) is 24.5 Å². The highest BCUT2D eigenvalue weighted by Crippen LogP contribution is 2.31. The van der Waals surface area contributed by atoms with E-state index in [1.807, 2.05) is 6.07 Å². The van der Waals surface area contributed by atoms with Crippen LogP contribution in [0.5, 0.6) is 17.4 Å². The number of aryl methyl sites for hydroxylation is 1. The standard InChI is InChI=1S/C26H33N5O7/c1-36-23-4-2-17-3-5-24(33)31(25(17)28-23)15-20(16-32)29-8-6-19(7-9-29)30(26(34)35)14-18-12-21-22(13-27-18)38-11-10-37-21/h2,4,12-13,19-20,32H,3,5-11,14-16H2,1H3,(H,34,35). The van der Waals surface area contributed by atoms with E-state index in [2.05, 4.69) is 14.9 Å². The van der Waals surface area contributed by atoms with E-state index in [1.54, 1.807) is 23.2 Å². The zero-order valence-corrected chi connectivity index (χ0v) is 21.4. The first-order chi connectivity index (χ1) is 18.5. The Bertz CT molecular complexity index is 1170. The number of nitrogens with zero attached hydrogens (tertiary/aromatic N) is 5. The van der Waals surface area contributed by atoms with Crippen LogP contribution in [0.1, 0.15) is 30.5 Å². The zero-order valence-electron chi connectivity index (χ0n) is 21.4. The molecule has 0 aliphatic carbocycles. The fourth-order valence-corrected chi connectivity index (χ4v) is 5.35.